The van der Waals surface area contributed by atoms with E-state index in [0.29, 0.717) is 19.6 Å². The lowest BCUT2D eigenvalue weighted by atomic mass is 10.1. The van der Waals surface area contributed by atoms with Crippen LogP contribution < -0.4 is 5.32 Å². The third-order valence-electron chi connectivity index (χ3n) is 6.58. The lowest BCUT2D eigenvalue weighted by molar-refractivity contribution is -0.133. The maximum Gasteiger partial charge on any atom is 0.236 e. The molecule has 0 aliphatic carbocycles. The van der Waals surface area contributed by atoms with Crippen LogP contribution in [-0.4, -0.2) is 90.4 Å². The number of nitrogens with one attached hydrogen (secondary N) is 1. The summed E-state index contributed by atoms with van der Waals surface area (Å²) >= 11 is 0. The molecule has 1 N–H and O–H groups in total. The number of fused-ring (bicyclic) bond motifs is 1. The highest BCUT2D eigenvalue weighted by Gasteiger charge is 2.23. The molecule has 2 aliphatic heterocycles. The average molecular weight is 438 g/mol. The summed E-state index contributed by atoms with van der Waals surface area (Å²) in [5.41, 5.74) is 2.17. The number of carbonyl (C=O) groups excluding carboxylic acids is 2. The zero-order valence-corrected chi connectivity index (χ0v) is 19.0. The largest absolute Gasteiger partial charge is 0.355 e. The van der Waals surface area contributed by atoms with Crippen LogP contribution in [-0.2, 0) is 16.0 Å². The standard InChI is InChI=1S/C25H35N5O2/c31-23(26-12-10-22-8-5-7-21-9-6-11-27-25(21)22)19-28-15-17-29(18-16-28)20-24(32)30-13-3-1-2-4-14-30/h5-9,11H,1-4,10,12-20H2,(H,26,31). The van der Waals surface area contributed by atoms with Crippen molar-refractivity contribution in [1.82, 2.24) is 25.0 Å². The molecule has 2 amide bonds. The lowest BCUT2D eigenvalue weighted by Gasteiger charge is -2.35. The van der Waals surface area contributed by atoms with E-state index in [1.165, 1.54) is 12.8 Å². The second kappa shape index (κ2) is 11.4. The van der Waals surface area contributed by atoms with E-state index in [4.69, 9.17) is 0 Å². The molecule has 0 saturated carbocycles. The first-order chi connectivity index (χ1) is 15.7. The fraction of sp³-hybridized carbons (Fsp3) is 0.560. The summed E-state index contributed by atoms with van der Waals surface area (Å²) in [6, 6.07) is 10.2. The Balaban J connectivity index is 1.15. The van der Waals surface area contributed by atoms with Gasteiger partial charge in [0.1, 0.15) is 0 Å². The van der Waals surface area contributed by atoms with Gasteiger partial charge >= 0.3 is 0 Å². The lowest BCUT2D eigenvalue weighted by Crippen LogP contribution is -2.52. The average Bonchev–Trinajstić information content (AvgIpc) is 3.10. The second-order valence-corrected chi connectivity index (χ2v) is 8.94. The number of pyridine rings is 1. The van der Waals surface area contributed by atoms with Crippen LogP contribution in [0.2, 0.25) is 0 Å². The Hall–Kier alpha value is -2.51. The number of piperazine rings is 1. The van der Waals surface area contributed by atoms with Gasteiger partial charge < -0.3 is 10.2 Å². The SMILES string of the molecule is O=C(CN1CCN(CC(=O)N2CCCCCC2)CC1)NCCc1cccc2cccnc12. The number of hydrogen-bond donors (Lipinski definition) is 1. The highest BCUT2D eigenvalue weighted by Crippen LogP contribution is 2.16. The van der Waals surface area contributed by atoms with E-state index in [-0.39, 0.29) is 11.8 Å². The van der Waals surface area contributed by atoms with Crippen LogP contribution in [0.15, 0.2) is 36.5 Å². The van der Waals surface area contributed by atoms with Gasteiger partial charge in [0.25, 0.3) is 0 Å². The summed E-state index contributed by atoms with van der Waals surface area (Å²) < 4.78 is 0. The monoisotopic (exact) mass is 437 g/mol. The summed E-state index contributed by atoms with van der Waals surface area (Å²) in [4.78, 5) is 36.0. The van der Waals surface area contributed by atoms with Crippen LogP contribution >= 0.6 is 0 Å². The number of carbonyl (C=O) groups is 2. The van der Waals surface area contributed by atoms with E-state index in [0.717, 1.165) is 75.0 Å². The van der Waals surface area contributed by atoms with E-state index < -0.39 is 0 Å². The molecule has 2 aromatic rings. The van der Waals surface area contributed by atoms with Crippen molar-refractivity contribution in [2.75, 3.05) is 58.9 Å². The number of amides is 2. The zero-order valence-electron chi connectivity index (χ0n) is 19.0. The van der Waals surface area contributed by atoms with Gasteiger partial charge in [-0.1, -0.05) is 37.1 Å². The van der Waals surface area contributed by atoms with Crippen molar-refractivity contribution < 1.29 is 9.59 Å². The van der Waals surface area contributed by atoms with Gasteiger partial charge in [0.15, 0.2) is 0 Å². The number of likely N-dealkylation sites (tertiary alicyclic amines) is 1. The molecular formula is C25H35N5O2. The van der Waals surface area contributed by atoms with Gasteiger partial charge in [-0.25, -0.2) is 0 Å². The summed E-state index contributed by atoms with van der Waals surface area (Å²) in [7, 11) is 0. The van der Waals surface area contributed by atoms with Crippen molar-refractivity contribution in [2.24, 2.45) is 0 Å². The van der Waals surface area contributed by atoms with Crippen LogP contribution in [0.4, 0.5) is 0 Å². The van der Waals surface area contributed by atoms with E-state index in [9.17, 15) is 9.59 Å². The quantitative estimate of drug-likeness (QED) is 0.717. The third kappa shape index (κ3) is 6.26. The Morgan fingerprint density at radius 2 is 1.53 bits per heavy atom. The molecule has 2 fully saturated rings. The first-order valence-electron chi connectivity index (χ1n) is 12.0. The summed E-state index contributed by atoms with van der Waals surface area (Å²) in [6.07, 6.45) is 7.32. The molecule has 2 aliphatic rings. The number of nitrogens with zero attached hydrogens (tertiary/aromatic N) is 4. The van der Waals surface area contributed by atoms with E-state index in [2.05, 4.69) is 38.3 Å². The number of hydrogen-bond acceptors (Lipinski definition) is 5. The number of aromatic nitrogens is 1. The molecule has 32 heavy (non-hydrogen) atoms. The molecule has 0 spiro atoms. The number of rotatable bonds is 7. The minimum Gasteiger partial charge on any atom is -0.355 e. The predicted octanol–water partition coefficient (Wildman–Crippen LogP) is 1.91. The van der Waals surface area contributed by atoms with Crippen molar-refractivity contribution >= 4 is 22.7 Å². The van der Waals surface area contributed by atoms with Crippen LogP contribution in [0.3, 0.4) is 0 Å². The third-order valence-corrected chi connectivity index (χ3v) is 6.58. The second-order valence-electron chi connectivity index (χ2n) is 8.94. The molecule has 4 rings (SSSR count). The topological polar surface area (TPSA) is 68.8 Å². The summed E-state index contributed by atoms with van der Waals surface area (Å²) in [5, 5.41) is 4.18. The maximum atomic E-state index is 12.6. The minimum atomic E-state index is 0.0623. The molecule has 0 bridgehead atoms. The Bertz CT molecular complexity index is 897. The Kier molecular flexibility index (Phi) is 8.07. The smallest absolute Gasteiger partial charge is 0.236 e. The van der Waals surface area contributed by atoms with Crippen LogP contribution in [0.1, 0.15) is 31.2 Å². The minimum absolute atomic E-state index is 0.0623. The van der Waals surface area contributed by atoms with Gasteiger partial charge in [-0.3, -0.25) is 24.4 Å². The molecule has 7 nitrogen and oxygen atoms in total. The van der Waals surface area contributed by atoms with Crippen LogP contribution in [0.25, 0.3) is 10.9 Å². The molecule has 1 aromatic heterocycles. The predicted molar refractivity (Wildman–Crippen MR) is 126 cm³/mol. The highest BCUT2D eigenvalue weighted by atomic mass is 16.2. The molecule has 1 aromatic carbocycles. The Labute approximate surface area is 190 Å². The van der Waals surface area contributed by atoms with Gasteiger partial charge in [0, 0.05) is 57.4 Å². The normalized spacial score (nSPS) is 18.4. The van der Waals surface area contributed by atoms with Crippen molar-refractivity contribution in [3.05, 3.63) is 42.1 Å². The van der Waals surface area contributed by atoms with Crippen molar-refractivity contribution in [2.45, 2.75) is 32.1 Å². The van der Waals surface area contributed by atoms with Crippen molar-refractivity contribution in [1.29, 1.82) is 0 Å². The fourth-order valence-electron chi connectivity index (χ4n) is 4.68. The van der Waals surface area contributed by atoms with E-state index in [1.54, 1.807) is 0 Å². The van der Waals surface area contributed by atoms with Gasteiger partial charge in [0.05, 0.1) is 18.6 Å². The number of para-hydroxylation sites is 1. The molecule has 7 heteroatoms. The highest BCUT2D eigenvalue weighted by molar-refractivity contribution is 5.82. The first kappa shape index (κ1) is 22.7. The van der Waals surface area contributed by atoms with Crippen molar-refractivity contribution in [3.63, 3.8) is 0 Å². The Morgan fingerprint density at radius 3 is 2.28 bits per heavy atom. The molecule has 2 saturated heterocycles. The fourth-order valence-corrected chi connectivity index (χ4v) is 4.68. The van der Waals surface area contributed by atoms with Gasteiger partial charge in [-0.05, 0) is 30.9 Å². The molecule has 0 radical (unpaired) electrons. The summed E-state index contributed by atoms with van der Waals surface area (Å²) in [5.74, 6) is 0.327. The molecular weight excluding hydrogens is 402 g/mol. The molecule has 0 unspecified atom stereocenters. The Morgan fingerprint density at radius 1 is 0.844 bits per heavy atom. The first-order valence-corrected chi connectivity index (χ1v) is 12.0. The number of benzene rings is 1. The summed E-state index contributed by atoms with van der Waals surface area (Å²) in [6.45, 7) is 6.70. The molecule has 3 heterocycles. The molecule has 172 valence electrons. The van der Waals surface area contributed by atoms with E-state index in [1.807, 2.05) is 23.2 Å². The van der Waals surface area contributed by atoms with Crippen LogP contribution in [0.5, 0.6) is 0 Å². The van der Waals surface area contributed by atoms with Gasteiger partial charge in [-0.2, -0.15) is 0 Å². The van der Waals surface area contributed by atoms with E-state index >= 15 is 0 Å². The maximum absolute atomic E-state index is 12.6. The van der Waals surface area contributed by atoms with Crippen molar-refractivity contribution in [3.8, 4) is 0 Å². The molecule has 0 atom stereocenters. The van der Waals surface area contributed by atoms with Gasteiger partial charge in [-0.15, -0.1) is 0 Å². The van der Waals surface area contributed by atoms with Crippen LogP contribution in [0, 0.1) is 0 Å². The van der Waals surface area contributed by atoms with Gasteiger partial charge in [0.2, 0.25) is 11.8 Å². The zero-order chi connectivity index (χ0) is 22.2.